The average molecular weight is 225 g/mol. The molecule has 1 aromatic rings. The summed E-state index contributed by atoms with van der Waals surface area (Å²) >= 11 is 1.46. The molecule has 1 aliphatic carbocycles. The molecule has 2 rings (SSSR count). The van der Waals surface area contributed by atoms with Crippen molar-refractivity contribution in [2.45, 2.75) is 23.9 Å². The zero-order chi connectivity index (χ0) is 10.7. The Bertz CT molecular complexity index is 379. The summed E-state index contributed by atoms with van der Waals surface area (Å²) in [5.41, 5.74) is 1.82. The van der Waals surface area contributed by atoms with Crippen molar-refractivity contribution in [1.82, 2.24) is 20.4 Å². The fourth-order valence-electron chi connectivity index (χ4n) is 1.12. The maximum absolute atomic E-state index is 8.37. The van der Waals surface area contributed by atoms with Crippen LogP contribution in [-0.2, 0) is 0 Å². The maximum atomic E-state index is 8.37. The topological polar surface area (TPSA) is 83.3 Å². The predicted molar refractivity (Wildman–Crippen MR) is 56.7 cm³/mol. The Morgan fingerprint density at radius 3 is 2.87 bits per heavy atom. The number of aromatic nitrogens is 3. The Hall–Kier alpha value is -1.21. The van der Waals surface area contributed by atoms with Crippen LogP contribution in [-0.4, -0.2) is 32.8 Å². The number of hydrogen-bond donors (Lipinski definition) is 2. The van der Waals surface area contributed by atoms with Gasteiger partial charge in [0.2, 0.25) is 0 Å². The van der Waals surface area contributed by atoms with Crippen molar-refractivity contribution in [2.75, 3.05) is 6.26 Å². The molecule has 0 aliphatic heterocycles. The van der Waals surface area contributed by atoms with Gasteiger partial charge in [0, 0.05) is 5.92 Å². The molecule has 1 saturated carbocycles. The first kappa shape index (κ1) is 10.3. The summed E-state index contributed by atoms with van der Waals surface area (Å²) in [7, 11) is 0. The largest absolute Gasteiger partial charge is 0.290 e. The molecule has 0 atom stereocenters. The molecule has 0 aromatic carbocycles. The normalized spacial score (nSPS) is 15.9. The van der Waals surface area contributed by atoms with E-state index >= 15 is 0 Å². The zero-order valence-corrected chi connectivity index (χ0v) is 9.03. The lowest BCUT2D eigenvalue weighted by atomic mass is 10.4. The lowest BCUT2D eigenvalue weighted by Gasteiger charge is -2.00. The fourth-order valence-corrected chi connectivity index (χ4v) is 1.48. The summed E-state index contributed by atoms with van der Waals surface area (Å²) in [6, 6.07) is 0. The second-order valence-corrected chi connectivity index (χ2v) is 3.92. The highest BCUT2D eigenvalue weighted by atomic mass is 32.2. The molecule has 6 nitrogen and oxygen atoms in total. The van der Waals surface area contributed by atoms with Crippen LogP contribution in [0.1, 0.15) is 24.6 Å². The number of hydrogen-bond acceptors (Lipinski definition) is 6. The van der Waals surface area contributed by atoms with Gasteiger partial charge in [0.15, 0.2) is 5.16 Å². The van der Waals surface area contributed by atoms with Crippen LogP contribution < -0.4 is 5.48 Å². The standard InChI is InChI=1S/C8H11N5OS/c1-15-8-12-6(5-2-3-5)11-7(13-8)9-4-10-14/h4-5,14H,2-3H2,1H3,(H,9,10,11,12,13). The van der Waals surface area contributed by atoms with Crippen molar-refractivity contribution >= 4 is 24.0 Å². The third kappa shape index (κ3) is 2.63. The van der Waals surface area contributed by atoms with E-state index < -0.39 is 0 Å². The molecule has 1 heterocycles. The molecule has 1 aromatic heterocycles. The first-order chi connectivity index (χ1) is 7.33. The van der Waals surface area contributed by atoms with Crippen LogP contribution in [0.3, 0.4) is 0 Å². The van der Waals surface area contributed by atoms with Crippen LogP contribution in [0.15, 0.2) is 10.1 Å². The SMILES string of the molecule is CSc1nc(/N=C/NO)nc(C2CC2)n1. The van der Waals surface area contributed by atoms with E-state index in [-0.39, 0.29) is 0 Å². The van der Waals surface area contributed by atoms with Crippen molar-refractivity contribution in [2.24, 2.45) is 4.99 Å². The van der Waals surface area contributed by atoms with Crippen LogP contribution in [0.25, 0.3) is 0 Å². The van der Waals surface area contributed by atoms with Crippen LogP contribution in [0.2, 0.25) is 0 Å². The Morgan fingerprint density at radius 2 is 2.27 bits per heavy atom. The number of thioether (sulfide) groups is 1. The molecule has 0 radical (unpaired) electrons. The summed E-state index contributed by atoms with van der Waals surface area (Å²) in [5, 5.41) is 9.03. The van der Waals surface area contributed by atoms with E-state index in [1.807, 2.05) is 11.7 Å². The summed E-state index contributed by atoms with van der Waals surface area (Å²) in [4.78, 5) is 16.4. The van der Waals surface area contributed by atoms with Gasteiger partial charge in [-0.15, -0.1) is 0 Å². The molecule has 0 amide bonds. The highest BCUT2D eigenvalue weighted by molar-refractivity contribution is 7.98. The minimum absolute atomic E-state index is 0.331. The van der Waals surface area contributed by atoms with Gasteiger partial charge in [-0.2, -0.15) is 15.0 Å². The Kier molecular flexibility index (Phi) is 3.12. The Balaban J connectivity index is 2.28. The van der Waals surface area contributed by atoms with Crippen LogP contribution in [0.4, 0.5) is 5.95 Å². The van der Waals surface area contributed by atoms with E-state index in [4.69, 9.17) is 5.21 Å². The molecule has 0 unspecified atom stereocenters. The van der Waals surface area contributed by atoms with Gasteiger partial charge in [0.1, 0.15) is 12.2 Å². The molecular formula is C8H11N5OS. The van der Waals surface area contributed by atoms with Gasteiger partial charge in [-0.1, -0.05) is 11.8 Å². The first-order valence-corrected chi connectivity index (χ1v) is 5.78. The summed E-state index contributed by atoms with van der Waals surface area (Å²) < 4.78 is 0. The van der Waals surface area contributed by atoms with Crippen molar-refractivity contribution in [1.29, 1.82) is 0 Å². The van der Waals surface area contributed by atoms with Crippen LogP contribution in [0.5, 0.6) is 0 Å². The number of hydroxylamine groups is 1. The lowest BCUT2D eigenvalue weighted by Crippen LogP contribution is -2.03. The molecule has 0 spiro atoms. The predicted octanol–water partition coefficient (Wildman–Crippen LogP) is 1.11. The quantitative estimate of drug-likeness (QED) is 0.345. The number of nitrogens with zero attached hydrogens (tertiary/aromatic N) is 4. The molecule has 1 aliphatic rings. The van der Waals surface area contributed by atoms with Gasteiger partial charge in [0.05, 0.1) is 0 Å². The minimum atomic E-state index is 0.331. The van der Waals surface area contributed by atoms with Gasteiger partial charge >= 0.3 is 0 Å². The second-order valence-electron chi connectivity index (χ2n) is 3.14. The van der Waals surface area contributed by atoms with Crippen LogP contribution in [0, 0.1) is 0 Å². The Morgan fingerprint density at radius 1 is 1.47 bits per heavy atom. The highest BCUT2D eigenvalue weighted by Gasteiger charge is 2.27. The molecule has 7 heteroatoms. The van der Waals surface area contributed by atoms with Crippen molar-refractivity contribution in [3.05, 3.63) is 5.82 Å². The monoisotopic (exact) mass is 225 g/mol. The summed E-state index contributed by atoms with van der Waals surface area (Å²) in [5.74, 6) is 1.60. The molecule has 1 fully saturated rings. The first-order valence-electron chi connectivity index (χ1n) is 4.55. The van der Waals surface area contributed by atoms with Gasteiger partial charge in [0.25, 0.3) is 5.95 Å². The van der Waals surface area contributed by atoms with E-state index in [0.29, 0.717) is 17.0 Å². The third-order valence-electron chi connectivity index (χ3n) is 1.98. The van der Waals surface area contributed by atoms with Gasteiger partial charge < -0.3 is 0 Å². The molecule has 15 heavy (non-hydrogen) atoms. The minimum Gasteiger partial charge on any atom is -0.290 e. The molecule has 0 bridgehead atoms. The lowest BCUT2D eigenvalue weighted by molar-refractivity contribution is 0.240. The van der Waals surface area contributed by atoms with E-state index in [1.165, 1.54) is 11.8 Å². The van der Waals surface area contributed by atoms with Crippen LogP contribution >= 0.6 is 11.8 Å². The number of nitrogens with one attached hydrogen (secondary N) is 1. The third-order valence-corrected chi connectivity index (χ3v) is 2.53. The molecule has 0 saturated heterocycles. The molecule has 2 N–H and O–H groups in total. The van der Waals surface area contributed by atoms with E-state index in [0.717, 1.165) is 25.0 Å². The van der Waals surface area contributed by atoms with E-state index in [1.54, 1.807) is 0 Å². The maximum Gasteiger partial charge on any atom is 0.255 e. The smallest absolute Gasteiger partial charge is 0.255 e. The van der Waals surface area contributed by atoms with Gasteiger partial charge in [-0.05, 0) is 19.1 Å². The Labute approximate surface area is 91.2 Å². The van der Waals surface area contributed by atoms with Gasteiger partial charge in [-0.3, -0.25) is 10.7 Å². The van der Waals surface area contributed by atoms with Crippen molar-refractivity contribution in [3.63, 3.8) is 0 Å². The summed E-state index contributed by atoms with van der Waals surface area (Å²) in [6.07, 6.45) is 5.32. The fraction of sp³-hybridized carbons (Fsp3) is 0.500. The number of rotatable bonds is 4. The van der Waals surface area contributed by atoms with E-state index in [9.17, 15) is 0 Å². The van der Waals surface area contributed by atoms with Gasteiger partial charge in [-0.25, -0.2) is 4.98 Å². The second kappa shape index (κ2) is 4.54. The molecule has 80 valence electrons. The van der Waals surface area contributed by atoms with Crippen molar-refractivity contribution in [3.8, 4) is 0 Å². The number of aliphatic imine (C=N–C) groups is 1. The van der Waals surface area contributed by atoms with Crippen molar-refractivity contribution < 1.29 is 5.21 Å². The van der Waals surface area contributed by atoms with E-state index in [2.05, 4.69) is 19.9 Å². The highest BCUT2D eigenvalue weighted by Crippen LogP contribution is 2.38. The zero-order valence-electron chi connectivity index (χ0n) is 8.21. The molecular weight excluding hydrogens is 214 g/mol. The summed E-state index contributed by atoms with van der Waals surface area (Å²) in [6.45, 7) is 0. The average Bonchev–Trinajstić information content (AvgIpc) is 3.09.